The molecule has 0 unspecified atom stereocenters. The Hall–Kier alpha value is -1.69. The molecule has 0 spiro atoms. The number of hydrogen-bond acceptors (Lipinski definition) is 3. The van der Waals surface area contributed by atoms with Crippen LogP contribution in [-0.2, 0) is 0 Å². The van der Waals surface area contributed by atoms with Crippen LogP contribution in [0, 0.1) is 0 Å². The molecule has 4 nitrogen and oxygen atoms in total. The van der Waals surface area contributed by atoms with Crippen molar-refractivity contribution < 1.29 is 23.4 Å². The van der Waals surface area contributed by atoms with Crippen LogP contribution in [0.5, 0.6) is 5.75 Å². The molecule has 2 rings (SSSR count). The predicted molar refractivity (Wildman–Crippen MR) is 68.8 cm³/mol. The number of alkyl halides is 2. The molecule has 0 saturated carbocycles. The van der Waals surface area contributed by atoms with Crippen molar-refractivity contribution in [3.63, 3.8) is 0 Å². The average molecular weight is 285 g/mol. The summed E-state index contributed by atoms with van der Waals surface area (Å²) in [5.41, 5.74) is -0.525. The van der Waals surface area contributed by atoms with E-state index in [0.29, 0.717) is 6.42 Å². The van der Waals surface area contributed by atoms with Crippen LogP contribution in [0.3, 0.4) is 0 Å². The number of halogens is 2. The molecule has 1 amide bonds. The van der Waals surface area contributed by atoms with E-state index in [-0.39, 0.29) is 30.3 Å². The van der Waals surface area contributed by atoms with Gasteiger partial charge in [-0.3, -0.25) is 4.79 Å². The van der Waals surface area contributed by atoms with Crippen LogP contribution < -0.4 is 4.74 Å². The number of benzene rings is 1. The number of likely N-dealkylation sites (tertiary alicyclic amines) is 1. The van der Waals surface area contributed by atoms with Gasteiger partial charge in [0.2, 0.25) is 0 Å². The molecule has 6 heteroatoms. The highest BCUT2D eigenvalue weighted by molar-refractivity contribution is 5.95. The first-order chi connectivity index (χ1) is 9.43. The molecule has 1 heterocycles. The van der Waals surface area contributed by atoms with Gasteiger partial charge in [0.15, 0.2) is 0 Å². The Morgan fingerprint density at radius 2 is 2.20 bits per heavy atom. The van der Waals surface area contributed by atoms with Crippen LogP contribution in [0.2, 0.25) is 0 Å². The molecule has 1 aliphatic heterocycles. The molecule has 1 aliphatic rings. The number of amides is 1. The first kappa shape index (κ1) is 14.7. The van der Waals surface area contributed by atoms with Crippen molar-refractivity contribution in [1.29, 1.82) is 0 Å². The minimum Gasteiger partial charge on any atom is -0.435 e. The van der Waals surface area contributed by atoms with Crippen molar-refractivity contribution in [3.8, 4) is 5.75 Å². The fraction of sp³-hybridized carbons (Fsp3) is 0.500. The quantitative estimate of drug-likeness (QED) is 0.903. The lowest BCUT2D eigenvalue weighted by molar-refractivity contribution is -0.0860. The van der Waals surface area contributed by atoms with Crippen molar-refractivity contribution in [2.75, 3.05) is 13.1 Å². The Morgan fingerprint density at radius 3 is 2.80 bits per heavy atom. The molecule has 1 fully saturated rings. The Labute approximate surface area is 116 Å². The van der Waals surface area contributed by atoms with E-state index in [0.717, 1.165) is 6.42 Å². The lowest BCUT2D eigenvalue weighted by atomic mass is 9.89. The highest BCUT2D eigenvalue weighted by Crippen LogP contribution is 2.28. The van der Waals surface area contributed by atoms with Gasteiger partial charge in [-0.15, -0.1) is 0 Å². The number of rotatable bonds is 5. The van der Waals surface area contributed by atoms with Gasteiger partial charge in [-0.05, 0) is 24.6 Å². The van der Waals surface area contributed by atoms with Gasteiger partial charge in [-0.1, -0.05) is 19.4 Å². The Bertz CT molecular complexity index is 487. The molecule has 0 bridgehead atoms. The molecule has 0 radical (unpaired) electrons. The van der Waals surface area contributed by atoms with Crippen LogP contribution in [-0.4, -0.2) is 41.2 Å². The van der Waals surface area contributed by atoms with Crippen molar-refractivity contribution >= 4 is 5.91 Å². The average Bonchev–Trinajstić information content (AvgIpc) is 2.35. The Morgan fingerprint density at radius 1 is 1.50 bits per heavy atom. The molecular formula is C14H17F2NO3. The van der Waals surface area contributed by atoms with E-state index in [1.807, 2.05) is 6.92 Å². The number of carbonyl (C=O) groups is 1. The number of aliphatic hydroxyl groups is 1. The molecule has 1 saturated heterocycles. The van der Waals surface area contributed by atoms with E-state index >= 15 is 0 Å². The zero-order valence-corrected chi connectivity index (χ0v) is 11.2. The lowest BCUT2D eigenvalue weighted by Gasteiger charge is -2.46. The van der Waals surface area contributed by atoms with Crippen LogP contribution in [0.15, 0.2) is 24.3 Å². The van der Waals surface area contributed by atoms with E-state index < -0.39 is 12.2 Å². The van der Waals surface area contributed by atoms with Crippen LogP contribution in [0.1, 0.15) is 30.1 Å². The van der Waals surface area contributed by atoms with Crippen molar-refractivity contribution in [2.24, 2.45) is 0 Å². The zero-order valence-electron chi connectivity index (χ0n) is 11.2. The highest BCUT2D eigenvalue weighted by Gasteiger charge is 2.42. The van der Waals surface area contributed by atoms with E-state index in [1.54, 1.807) is 0 Å². The molecule has 110 valence electrons. The van der Waals surface area contributed by atoms with Crippen LogP contribution in [0.4, 0.5) is 8.78 Å². The van der Waals surface area contributed by atoms with Crippen LogP contribution >= 0.6 is 0 Å². The maximum absolute atomic E-state index is 12.1. The number of hydrogen-bond donors (Lipinski definition) is 1. The Kier molecular flexibility index (Phi) is 4.23. The predicted octanol–water partition coefficient (Wildman–Crippen LogP) is 2.28. The van der Waals surface area contributed by atoms with E-state index in [4.69, 9.17) is 0 Å². The smallest absolute Gasteiger partial charge is 0.387 e. The first-order valence-electron chi connectivity index (χ1n) is 6.50. The maximum Gasteiger partial charge on any atom is 0.387 e. The summed E-state index contributed by atoms with van der Waals surface area (Å²) in [5.74, 6) is -0.333. The SMILES string of the molecule is CCCC1(O)CN(C(=O)c2cccc(OC(F)F)c2)C1. The molecule has 1 aromatic rings. The Balaban J connectivity index is 2.00. The molecule has 1 aromatic carbocycles. The summed E-state index contributed by atoms with van der Waals surface area (Å²) in [7, 11) is 0. The minimum absolute atomic E-state index is 0.0461. The molecule has 20 heavy (non-hydrogen) atoms. The van der Waals surface area contributed by atoms with Gasteiger partial charge in [0.1, 0.15) is 5.75 Å². The number of ether oxygens (including phenoxy) is 1. The van der Waals surface area contributed by atoms with Gasteiger partial charge in [-0.2, -0.15) is 8.78 Å². The molecule has 0 atom stereocenters. The second kappa shape index (κ2) is 5.75. The van der Waals surface area contributed by atoms with Crippen molar-refractivity contribution in [2.45, 2.75) is 32.0 Å². The number of carbonyl (C=O) groups excluding carboxylic acids is 1. The minimum atomic E-state index is -2.92. The highest BCUT2D eigenvalue weighted by atomic mass is 19.3. The van der Waals surface area contributed by atoms with E-state index in [2.05, 4.69) is 4.74 Å². The van der Waals surface area contributed by atoms with Gasteiger partial charge < -0.3 is 14.7 Å². The standard InChI is InChI=1S/C14H17F2NO3/c1-2-6-14(19)8-17(9-14)12(18)10-4-3-5-11(7-10)20-13(15)16/h3-5,7,13,19H,2,6,8-9H2,1H3. The van der Waals surface area contributed by atoms with Crippen molar-refractivity contribution in [3.05, 3.63) is 29.8 Å². The number of β-amino-alcohol motifs (C(OH)–C–C–N with tert-alkyl or cyclic N) is 1. The summed E-state index contributed by atoms with van der Waals surface area (Å²) in [4.78, 5) is 13.6. The summed E-state index contributed by atoms with van der Waals surface area (Å²) in [5, 5.41) is 10.0. The van der Waals surface area contributed by atoms with Crippen LogP contribution in [0.25, 0.3) is 0 Å². The van der Waals surface area contributed by atoms with Gasteiger partial charge >= 0.3 is 6.61 Å². The van der Waals surface area contributed by atoms with Gasteiger partial charge in [0, 0.05) is 5.56 Å². The fourth-order valence-corrected chi connectivity index (χ4v) is 2.42. The third-order valence-electron chi connectivity index (χ3n) is 3.28. The summed E-state index contributed by atoms with van der Waals surface area (Å²) < 4.78 is 28.5. The van der Waals surface area contributed by atoms with Gasteiger partial charge in [0.25, 0.3) is 5.91 Å². The second-order valence-corrected chi connectivity index (χ2v) is 5.04. The molecule has 0 aromatic heterocycles. The second-order valence-electron chi connectivity index (χ2n) is 5.04. The third kappa shape index (κ3) is 3.25. The summed E-state index contributed by atoms with van der Waals surface area (Å²) in [6.07, 6.45) is 1.49. The monoisotopic (exact) mass is 285 g/mol. The van der Waals surface area contributed by atoms with Gasteiger partial charge in [0.05, 0.1) is 18.7 Å². The summed E-state index contributed by atoms with van der Waals surface area (Å²) >= 11 is 0. The van der Waals surface area contributed by atoms with E-state index in [1.165, 1.54) is 29.2 Å². The summed E-state index contributed by atoms with van der Waals surface area (Å²) in [6.45, 7) is -0.397. The molecule has 0 aliphatic carbocycles. The first-order valence-corrected chi connectivity index (χ1v) is 6.50. The third-order valence-corrected chi connectivity index (χ3v) is 3.28. The number of nitrogens with zero attached hydrogens (tertiary/aromatic N) is 1. The zero-order chi connectivity index (χ0) is 14.8. The lowest BCUT2D eigenvalue weighted by Crippen LogP contribution is -2.63. The molecular weight excluding hydrogens is 268 g/mol. The maximum atomic E-state index is 12.1. The largest absolute Gasteiger partial charge is 0.435 e. The van der Waals surface area contributed by atoms with E-state index in [9.17, 15) is 18.7 Å². The normalized spacial score (nSPS) is 16.9. The topological polar surface area (TPSA) is 49.8 Å². The van der Waals surface area contributed by atoms with Crippen molar-refractivity contribution in [1.82, 2.24) is 4.90 Å². The fourth-order valence-electron chi connectivity index (χ4n) is 2.42. The van der Waals surface area contributed by atoms with Gasteiger partial charge in [-0.25, -0.2) is 0 Å². The molecule has 1 N–H and O–H groups in total. The summed E-state index contributed by atoms with van der Waals surface area (Å²) in [6, 6.07) is 5.68.